The van der Waals surface area contributed by atoms with Crippen LogP contribution in [0, 0.1) is 0 Å². The number of fused-ring (bicyclic) bond motifs is 1. The summed E-state index contributed by atoms with van der Waals surface area (Å²) in [4.78, 5) is 10.7. The van der Waals surface area contributed by atoms with Crippen molar-refractivity contribution in [2.45, 2.75) is 11.3 Å². The smallest absolute Gasteiger partial charge is 0.200 e. The van der Waals surface area contributed by atoms with Crippen molar-refractivity contribution in [3.63, 3.8) is 0 Å². The summed E-state index contributed by atoms with van der Waals surface area (Å²) >= 11 is 3.29. The van der Waals surface area contributed by atoms with Crippen LogP contribution < -0.4 is 0 Å². The zero-order valence-corrected chi connectivity index (χ0v) is 10.0. The highest BCUT2D eigenvalue weighted by Gasteiger charge is 2.27. The zero-order valence-electron chi connectivity index (χ0n) is 7.60. The normalized spacial score (nSPS) is 17.0. The number of hydrogen-bond acceptors (Lipinski definition) is 3. The lowest BCUT2D eigenvalue weighted by Gasteiger charge is -2.03. The number of benzene rings is 1. The standard InChI is InChI=1S/C10H7BrO3S/c11-8-2-1-3-9-10(8)7(4-5-12)6-15(9,13)14/h1-3,5-6H,4H2. The topological polar surface area (TPSA) is 51.2 Å². The molecule has 0 unspecified atom stereocenters. The molecule has 0 fully saturated rings. The van der Waals surface area contributed by atoms with Gasteiger partial charge in [-0.05, 0) is 17.7 Å². The van der Waals surface area contributed by atoms with Gasteiger partial charge in [0.1, 0.15) is 6.29 Å². The Morgan fingerprint density at radius 3 is 2.73 bits per heavy atom. The van der Waals surface area contributed by atoms with Gasteiger partial charge in [-0.2, -0.15) is 0 Å². The molecule has 1 heterocycles. The van der Waals surface area contributed by atoms with E-state index in [-0.39, 0.29) is 11.3 Å². The van der Waals surface area contributed by atoms with Gasteiger partial charge in [0.15, 0.2) is 0 Å². The lowest BCUT2D eigenvalue weighted by molar-refractivity contribution is -0.107. The fourth-order valence-electron chi connectivity index (χ4n) is 1.60. The second kappa shape index (κ2) is 3.57. The first-order valence-electron chi connectivity index (χ1n) is 4.24. The summed E-state index contributed by atoms with van der Waals surface area (Å²) in [6, 6.07) is 4.97. The molecule has 0 aromatic heterocycles. The van der Waals surface area contributed by atoms with Crippen molar-refractivity contribution >= 4 is 37.6 Å². The van der Waals surface area contributed by atoms with Crippen LogP contribution in [-0.2, 0) is 14.6 Å². The molecule has 15 heavy (non-hydrogen) atoms. The fraction of sp³-hybridized carbons (Fsp3) is 0.100. The molecule has 0 saturated carbocycles. The first kappa shape index (κ1) is 10.6. The second-order valence-electron chi connectivity index (χ2n) is 3.17. The van der Waals surface area contributed by atoms with Gasteiger partial charge in [0.25, 0.3) is 0 Å². The van der Waals surface area contributed by atoms with Gasteiger partial charge in [-0.15, -0.1) is 0 Å². The molecule has 0 spiro atoms. The Kier molecular flexibility index (Phi) is 2.52. The maximum Gasteiger partial charge on any atom is 0.200 e. The molecule has 0 atom stereocenters. The third-order valence-corrected chi connectivity index (χ3v) is 4.41. The van der Waals surface area contributed by atoms with Crippen LogP contribution in [0.2, 0.25) is 0 Å². The molecular formula is C10H7BrO3S. The van der Waals surface area contributed by atoms with Crippen molar-refractivity contribution in [1.82, 2.24) is 0 Å². The molecule has 0 saturated heterocycles. The number of rotatable bonds is 2. The highest BCUT2D eigenvalue weighted by molar-refractivity contribution is 9.10. The SMILES string of the molecule is O=CCC1=CS(=O)(=O)c2cccc(Br)c21. The number of carbonyl (C=O) groups is 1. The van der Waals surface area contributed by atoms with E-state index in [1.54, 1.807) is 18.2 Å². The third-order valence-electron chi connectivity index (χ3n) is 2.20. The molecule has 0 amide bonds. The van der Waals surface area contributed by atoms with E-state index in [4.69, 9.17) is 0 Å². The monoisotopic (exact) mass is 286 g/mol. The Bertz CT molecular complexity index is 558. The molecule has 0 bridgehead atoms. The highest BCUT2D eigenvalue weighted by atomic mass is 79.9. The first-order valence-corrected chi connectivity index (χ1v) is 6.58. The molecule has 3 nitrogen and oxygen atoms in total. The van der Waals surface area contributed by atoms with Gasteiger partial charge in [0.2, 0.25) is 9.84 Å². The van der Waals surface area contributed by atoms with Gasteiger partial charge in [-0.3, -0.25) is 0 Å². The lowest BCUT2D eigenvalue weighted by atomic mass is 10.1. The Balaban J connectivity index is 2.74. The third kappa shape index (κ3) is 1.66. The minimum atomic E-state index is -3.35. The summed E-state index contributed by atoms with van der Waals surface area (Å²) in [5.41, 5.74) is 1.16. The summed E-state index contributed by atoms with van der Waals surface area (Å²) in [6.45, 7) is 0. The molecule has 1 aliphatic heterocycles. The van der Waals surface area contributed by atoms with Gasteiger partial charge >= 0.3 is 0 Å². The van der Waals surface area contributed by atoms with E-state index in [2.05, 4.69) is 15.9 Å². The van der Waals surface area contributed by atoms with E-state index in [1.807, 2.05) is 0 Å². The first-order chi connectivity index (χ1) is 7.06. The van der Waals surface area contributed by atoms with Crippen LogP contribution in [-0.4, -0.2) is 14.7 Å². The van der Waals surface area contributed by atoms with Crippen LogP contribution in [0.4, 0.5) is 0 Å². The Labute approximate surface area is 95.9 Å². The molecular weight excluding hydrogens is 280 g/mol. The van der Waals surface area contributed by atoms with Crippen molar-refractivity contribution in [3.8, 4) is 0 Å². The van der Waals surface area contributed by atoms with Crippen molar-refractivity contribution in [2.75, 3.05) is 0 Å². The van der Waals surface area contributed by atoms with Crippen molar-refractivity contribution in [2.24, 2.45) is 0 Å². The van der Waals surface area contributed by atoms with Crippen molar-refractivity contribution in [1.29, 1.82) is 0 Å². The summed E-state index contributed by atoms with van der Waals surface area (Å²) in [5, 5.41) is 1.16. The van der Waals surface area contributed by atoms with Crippen LogP contribution in [0.25, 0.3) is 5.57 Å². The van der Waals surface area contributed by atoms with Crippen LogP contribution in [0.1, 0.15) is 12.0 Å². The van der Waals surface area contributed by atoms with E-state index >= 15 is 0 Å². The van der Waals surface area contributed by atoms with E-state index in [9.17, 15) is 13.2 Å². The quantitative estimate of drug-likeness (QED) is 0.783. The van der Waals surface area contributed by atoms with Gasteiger partial charge < -0.3 is 4.79 Å². The Hall–Kier alpha value is -0.940. The number of aldehydes is 1. The molecule has 1 aromatic rings. The number of carbonyl (C=O) groups excluding carboxylic acids is 1. The maximum atomic E-state index is 11.7. The van der Waals surface area contributed by atoms with E-state index in [1.165, 1.54) is 0 Å². The molecule has 5 heteroatoms. The second-order valence-corrected chi connectivity index (χ2v) is 5.79. The summed E-state index contributed by atoms with van der Waals surface area (Å²) < 4.78 is 24.1. The molecule has 0 N–H and O–H groups in total. The summed E-state index contributed by atoms with van der Waals surface area (Å²) in [5.74, 6) is 0. The zero-order chi connectivity index (χ0) is 11.1. The average Bonchev–Trinajstić information content (AvgIpc) is 2.41. The molecule has 78 valence electrons. The van der Waals surface area contributed by atoms with Gasteiger partial charge in [-0.25, -0.2) is 8.42 Å². The van der Waals surface area contributed by atoms with Crippen LogP contribution in [0.5, 0.6) is 0 Å². The molecule has 1 aliphatic rings. The van der Waals surface area contributed by atoms with Gasteiger partial charge in [0.05, 0.1) is 4.90 Å². The number of hydrogen-bond donors (Lipinski definition) is 0. The van der Waals surface area contributed by atoms with Crippen LogP contribution >= 0.6 is 15.9 Å². The van der Waals surface area contributed by atoms with Crippen LogP contribution in [0.15, 0.2) is 33.0 Å². The molecule has 0 aliphatic carbocycles. The van der Waals surface area contributed by atoms with Crippen molar-refractivity contribution < 1.29 is 13.2 Å². The fourth-order valence-corrected chi connectivity index (χ4v) is 3.86. The van der Waals surface area contributed by atoms with E-state index < -0.39 is 9.84 Å². The van der Waals surface area contributed by atoms with Gasteiger partial charge in [-0.1, -0.05) is 22.0 Å². The highest BCUT2D eigenvalue weighted by Crippen LogP contribution is 2.39. The average molecular weight is 287 g/mol. The maximum absolute atomic E-state index is 11.7. The molecule has 1 aromatic carbocycles. The number of sulfone groups is 1. The Morgan fingerprint density at radius 1 is 1.33 bits per heavy atom. The van der Waals surface area contributed by atoms with Crippen molar-refractivity contribution in [3.05, 3.63) is 33.6 Å². The summed E-state index contributed by atoms with van der Waals surface area (Å²) in [6.07, 6.45) is 0.824. The Morgan fingerprint density at radius 2 is 2.07 bits per heavy atom. The van der Waals surface area contributed by atoms with Crippen LogP contribution in [0.3, 0.4) is 0 Å². The van der Waals surface area contributed by atoms with E-state index in [0.29, 0.717) is 21.9 Å². The summed E-state index contributed by atoms with van der Waals surface area (Å²) in [7, 11) is -3.35. The minimum Gasteiger partial charge on any atom is -0.303 e. The van der Waals surface area contributed by atoms with Gasteiger partial charge in [0, 0.05) is 21.9 Å². The number of halogens is 1. The predicted molar refractivity (Wildman–Crippen MR) is 60.0 cm³/mol. The predicted octanol–water partition coefficient (Wildman–Crippen LogP) is 2.17. The number of allylic oxidation sites excluding steroid dienone is 1. The largest absolute Gasteiger partial charge is 0.303 e. The molecule has 2 rings (SSSR count). The van der Waals surface area contributed by atoms with E-state index in [0.717, 1.165) is 5.41 Å². The minimum absolute atomic E-state index is 0.120. The lowest BCUT2D eigenvalue weighted by Crippen LogP contribution is -1.93. The molecule has 0 radical (unpaired) electrons.